The number of aromatic nitrogens is 4. The van der Waals surface area contributed by atoms with E-state index >= 15 is 0 Å². The molecule has 0 aliphatic carbocycles. The van der Waals surface area contributed by atoms with E-state index in [1.807, 2.05) is 19.1 Å². The summed E-state index contributed by atoms with van der Waals surface area (Å²) in [6, 6.07) is 10.6. The molecule has 140 valence electrons. The lowest BCUT2D eigenvalue weighted by molar-refractivity contribution is -0.115. The summed E-state index contributed by atoms with van der Waals surface area (Å²) in [5.41, 5.74) is 2.67. The molecule has 7 nitrogen and oxygen atoms in total. The third kappa shape index (κ3) is 6.10. The van der Waals surface area contributed by atoms with Gasteiger partial charge in [-0.15, -0.1) is 10.2 Å². The summed E-state index contributed by atoms with van der Waals surface area (Å²) < 4.78 is 0. The lowest BCUT2D eigenvalue weighted by atomic mass is 10.1. The highest BCUT2D eigenvalue weighted by molar-refractivity contribution is 7.15. The van der Waals surface area contributed by atoms with Gasteiger partial charge in [0.15, 0.2) is 0 Å². The Kier molecular flexibility index (Phi) is 6.43. The molecule has 2 N–H and O–H groups in total. The Morgan fingerprint density at radius 1 is 1.07 bits per heavy atom. The zero-order valence-corrected chi connectivity index (χ0v) is 15.9. The van der Waals surface area contributed by atoms with Gasteiger partial charge in [-0.2, -0.15) is 10.2 Å². The highest BCUT2D eigenvalue weighted by Gasteiger charge is 2.09. The zero-order chi connectivity index (χ0) is 19.1. The van der Waals surface area contributed by atoms with Gasteiger partial charge in [-0.1, -0.05) is 23.5 Å². The average Bonchev–Trinajstić information content (AvgIpc) is 3.07. The Morgan fingerprint density at radius 3 is 2.70 bits per heavy atom. The Hall–Kier alpha value is -2.87. The molecule has 27 heavy (non-hydrogen) atoms. The first-order valence-electron chi connectivity index (χ1n) is 8.78. The van der Waals surface area contributed by atoms with Gasteiger partial charge in [-0.25, -0.2) is 0 Å². The van der Waals surface area contributed by atoms with Crippen molar-refractivity contribution in [2.45, 2.75) is 39.0 Å². The standard InChI is InChI=1S/C19H21N5O2S/c1-13-9-10-15(22-21-13)6-2-3-8-18-23-24-19(27-18)20-17(26)12-14-5-4-7-16(25)11-14/h4-5,7,9-11,25H,2-3,6,8,12H2,1H3,(H,20,24,26). The van der Waals surface area contributed by atoms with Crippen LogP contribution in [-0.2, 0) is 24.1 Å². The summed E-state index contributed by atoms with van der Waals surface area (Å²) in [6.07, 6.45) is 3.86. The van der Waals surface area contributed by atoms with Gasteiger partial charge in [-0.05, 0) is 56.0 Å². The number of phenols is 1. The molecular formula is C19H21N5O2S. The summed E-state index contributed by atoms with van der Waals surface area (Å²) in [4.78, 5) is 12.1. The van der Waals surface area contributed by atoms with Crippen LogP contribution in [0.4, 0.5) is 5.13 Å². The molecule has 0 radical (unpaired) electrons. The van der Waals surface area contributed by atoms with E-state index in [1.165, 1.54) is 11.3 Å². The van der Waals surface area contributed by atoms with Crippen molar-refractivity contribution in [1.29, 1.82) is 0 Å². The SMILES string of the molecule is Cc1ccc(CCCCc2nnc(NC(=O)Cc3cccc(O)c3)s2)nn1. The second-order valence-corrected chi connectivity index (χ2v) is 7.33. The normalized spacial score (nSPS) is 10.7. The molecule has 0 saturated carbocycles. The number of hydrogen-bond acceptors (Lipinski definition) is 7. The molecule has 0 fully saturated rings. The van der Waals surface area contributed by atoms with Crippen LogP contribution in [0.25, 0.3) is 0 Å². The minimum absolute atomic E-state index is 0.148. The van der Waals surface area contributed by atoms with E-state index in [0.717, 1.165) is 47.6 Å². The van der Waals surface area contributed by atoms with E-state index in [2.05, 4.69) is 25.7 Å². The van der Waals surface area contributed by atoms with Crippen molar-refractivity contribution in [3.8, 4) is 5.75 Å². The maximum Gasteiger partial charge on any atom is 0.230 e. The second kappa shape index (κ2) is 9.18. The van der Waals surface area contributed by atoms with Crippen molar-refractivity contribution >= 4 is 22.4 Å². The number of aromatic hydroxyl groups is 1. The van der Waals surface area contributed by atoms with E-state index in [1.54, 1.807) is 24.3 Å². The molecule has 0 atom stereocenters. The summed E-state index contributed by atoms with van der Waals surface area (Å²) in [5.74, 6) is -0.0311. The highest BCUT2D eigenvalue weighted by Crippen LogP contribution is 2.18. The number of nitrogens with one attached hydrogen (secondary N) is 1. The minimum atomic E-state index is -0.179. The number of anilines is 1. The Morgan fingerprint density at radius 2 is 1.93 bits per heavy atom. The van der Waals surface area contributed by atoms with Crippen LogP contribution in [0.1, 0.15) is 34.8 Å². The molecular weight excluding hydrogens is 362 g/mol. The molecule has 0 saturated heterocycles. The fraction of sp³-hybridized carbons (Fsp3) is 0.316. The van der Waals surface area contributed by atoms with Gasteiger partial charge in [0.1, 0.15) is 10.8 Å². The van der Waals surface area contributed by atoms with Crippen LogP contribution >= 0.6 is 11.3 Å². The van der Waals surface area contributed by atoms with Gasteiger partial charge >= 0.3 is 0 Å². The van der Waals surface area contributed by atoms with Crippen LogP contribution in [0.3, 0.4) is 0 Å². The minimum Gasteiger partial charge on any atom is -0.508 e. The Bertz CT molecular complexity index is 895. The molecule has 8 heteroatoms. The molecule has 2 heterocycles. The third-order valence-electron chi connectivity index (χ3n) is 3.92. The summed E-state index contributed by atoms with van der Waals surface area (Å²) >= 11 is 1.39. The van der Waals surface area contributed by atoms with Crippen LogP contribution < -0.4 is 5.32 Å². The van der Waals surface area contributed by atoms with Crippen molar-refractivity contribution in [3.05, 3.63) is 58.4 Å². The Balaban J connectivity index is 1.41. The number of carbonyl (C=O) groups excluding carboxylic acids is 1. The number of hydrogen-bond donors (Lipinski definition) is 2. The first-order chi connectivity index (χ1) is 13.1. The maximum absolute atomic E-state index is 12.1. The first kappa shape index (κ1) is 18.9. The summed E-state index contributed by atoms with van der Waals surface area (Å²) in [7, 11) is 0. The van der Waals surface area contributed by atoms with Gasteiger partial charge < -0.3 is 10.4 Å². The predicted molar refractivity (Wildman–Crippen MR) is 104 cm³/mol. The van der Waals surface area contributed by atoms with E-state index in [4.69, 9.17) is 0 Å². The van der Waals surface area contributed by atoms with Crippen molar-refractivity contribution in [2.75, 3.05) is 5.32 Å². The molecule has 0 spiro atoms. The van der Waals surface area contributed by atoms with E-state index in [9.17, 15) is 9.90 Å². The van der Waals surface area contributed by atoms with Crippen molar-refractivity contribution in [1.82, 2.24) is 20.4 Å². The van der Waals surface area contributed by atoms with Crippen molar-refractivity contribution in [2.24, 2.45) is 0 Å². The second-order valence-electron chi connectivity index (χ2n) is 6.27. The monoisotopic (exact) mass is 383 g/mol. The van der Waals surface area contributed by atoms with Crippen LogP contribution in [-0.4, -0.2) is 31.4 Å². The maximum atomic E-state index is 12.1. The number of amides is 1. The molecule has 1 aromatic carbocycles. The first-order valence-corrected chi connectivity index (χ1v) is 9.59. The highest BCUT2D eigenvalue weighted by atomic mass is 32.1. The molecule has 1 amide bonds. The van der Waals surface area contributed by atoms with Crippen LogP contribution in [0.2, 0.25) is 0 Å². The number of rotatable bonds is 8. The Labute approximate surface area is 161 Å². The van der Waals surface area contributed by atoms with Crippen molar-refractivity contribution in [3.63, 3.8) is 0 Å². The molecule has 0 aliphatic rings. The van der Waals surface area contributed by atoms with Gasteiger partial charge in [0.2, 0.25) is 11.0 Å². The van der Waals surface area contributed by atoms with Crippen molar-refractivity contribution < 1.29 is 9.90 Å². The average molecular weight is 383 g/mol. The number of nitrogens with zero attached hydrogens (tertiary/aromatic N) is 4. The topological polar surface area (TPSA) is 101 Å². The van der Waals surface area contributed by atoms with Crippen LogP contribution in [0.5, 0.6) is 5.75 Å². The number of carbonyl (C=O) groups is 1. The molecule has 2 aromatic heterocycles. The summed E-state index contributed by atoms with van der Waals surface area (Å²) in [5, 5.41) is 30.0. The number of aryl methyl sites for hydroxylation is 3. The number of phenolic OH excluding ortho intramolecular Hbond substituents is 1. The predicted octanol–water partition coefficient (Wildman–Crippen LogP) is 3.09. The number of benzene rings is 1. The van der Waals surface area contributed by atoms with E-state index in [-0.39, 0.29) is 18.1 Å². The van der Waals surface area contributed by atoms with Gasteiger partial charge in [0.05, 0.1) is 17.8 Å². The van der Waals surface area contributed by atoms with Crippen LogP contribution in [0.15, 0.2) is 36.4 Å². The quantitative estimate of drug-likeness (QED) is 0.580. The zero-order valence-electron chi connectivity index (χ0n) is 15.1. The molecule has 0 aliphatic heterocycles. The number of unbranched alkanes of at least 4 members (excludes halogenated alkanes) is 1. The van der Waals surface area contributed by atoms with Gasteiger partial charge in [0.25, 0.3) is 0 Å². The molecule has 0 unspecified atom stereocenters. The smallest absolute Gasteiger partial charge is 0.230 e. The molecule has 3 rings (SSSR count). The van der Waals surface area contributed by atoms with Crippen LogP contribution in [0, 0.1) is 6.92 Å². The fourth-order valence-electron chi connectivity index (χ4n) is 2.56. The van der Waals surface area contributed by atoms with Gasteiger partial charge in [-0.3, -0.25) is 4.79 Å². The largest absolute Gasteiger partial charge is 0.508 e. The third-order valence-corrected chi connectivity index (χ3v) is 4.81. The van der Waals surface area contributed by atoms with E-state index in [0.29, 0.717) is 5.13 Å². The van der Waals surface area contributed by atoms with E-state index < -0.39 is 0 Å². The lowest BCUT2D eigenvalue weighted by Crippen LogP contribution is -2.14. The fourth-order valence-corrected chi connectivity index (χ4v) is 3.36. The summed E-state index contributed by atoms with van der Waals surface area (Å²) in [6.45, 7) is 1.92. The van der Waals surface area contributed by atoms with Gasteiger partial charge in [0, 0.05) is 6.42 Å². The lowest BCUT2D eigenvalue weighted by Gasteiger charge is -2.02. The molecule has 3 aromatic rings. The molecule has 0 bridgehead atoms.